The second kappa shape index (κ2) is 10.2. The van der Waals surface area contributed by atoms with Gasteiger partial charge in [0, 0.05) is 20.1 Å². The van der Waals surface area contributed by atoms with E-state index in [-0.39, 0.29) is 18.2 Å². The SMILES string of the molecule is COC(O)CCCCCCC1=CC(OC2CCCCO2)CC1=O. The first-order valence-corrected chi connectivity index (χ1v) is 8.91. The lowest BCUT2D eigenvalue weighted by Gasteiger charge is -2.24. The Morgan fingerprint density at radius 3 is 2.87 bits per heavy atom. The van der Waals surface area contributed by atoms with Crippen LogP contribution in [-0.2, 0) is 19.0 Å². The zero-order valence-electron chi connectivity index (χ0n) is 14.2. The first kappa shape index (κ1) is 18.6. The fourth-order valence-electron chi connectivity index (χ4n) is 3.12. The Balaban J connectivity index is 1.60. The van der Waals surface area contributed by atoms with E-state index in [4.69, 9.17) is 14.2 Å². The minimum Gasteiger partial charge on any atom is -0.368 e. The molecule has 1 N–H and O–H groups in total. The molecular weight excluding hydrogens is 296 g/mol. The molecule has 2 rings (SSSR count). The number of rotatable bonds is 10. The van der Waals surface area contributed by atoms with E-state index in [0.29, 0.717) is 12.8 Å². The second-order valence-electron chi connectivity index (χ2n) is 6.43. The predicted octanol–water partition coefficient (Wildman–Crippen LogP) is 3.10. The maximum Gasteiger partial charge on any atom is 0.161 e. The summed E-state index contributed by atoms with van der Waals surface area (Å²) >= 11 is 0. The molecule has 0 aromatic heterocycles. The maximum absolute atomic E-state index is 12.0. The van der Waals surface area contributed by atoms with Crippen LogP contribution in [0.4, 0.5) is 0 Å². The van der Waals surface area contributed by atoms with Crippen LogP contribution in [0, 0.1) is 0 Å². The number of Topliss-reactive ketones (excluding diaryl/α,β-unsaturated/α-hetero) is 1. The van der Waals surface area contributed by atoms with Gasteiger partial charge in [0.2, 0.25) is 0 Å². The first-order valence-electron chi connectivity index (χ1n) is 8.91. The van der Waals surface area contributed by atoms with Crippen molar-refractivity contribution >= 4 is 5.78 Å². The van der Waals surface area contributed by atoms with Gasteiger partial charge in [-0.25, -0.2) is 0 Å². The Morgan fingerprint density at radius 2 is 2.13 bits per heavy atom. The molecule has 132 valence electrons. The lowest BCUT2D eigenvalue weighted by atomic mass is 10.0. The van der Waals surface area contributed by atoms with Gasteiger partial charge in [0.1, 0.15) is 0 Å². The van der Waals surface area contributed by atoms with Gasteiger partial charge in [-0.2, -0.15) is 0 Å². The van der Waals surface area contributed by atoms with Crippen LogP contribution in [0.25, 0.3) is 0 Å². The van der Waals surface area contributed by atoms with Gasteiger partial charge in [0.25, 0.3) is 0 Å². The van der Waals surface area contributed by atoms with Gasteiger partial charge in [-0.05, 0) is 56.6 Å². The molecule has 1 aliphatic heterocycles. The molecule has 1 heterocycles. The summed E-state index contributed by atoms with van der Waals surface area (Å²) in [4.78, 5) is 12.0. The van der Waals surface area contributed by atoms with Crippen LogP contribution in [0.2, 0.25) is 0 Å². The third-order valence-corrected chi connectivity index (χ3v) is 4.52. The van der Waals surface area contributed by atoms with Crippen molar-refractivity contribution < 1.29 is 24.1 Å². The highest BCUT2D eigenvalue weighted by Gasteiger charge is 2.27. The van der Waals surface area contributed by atoms with Crippen LogP contribution in [0.3, 0.4) is 0 Å². The van der Waals surface area contributed by atoms with E-state index < -0.39 is 6.29 Å². The number of carbonyl (C=O) groups excluding carboxylic acids is 1. The number of aliphatic hydroxyl groups excluding tert-OH is 1. The van der Waals surface area contributed by atoms with Crippen LogP contribution in [0.15, 0.2) is 11.6 Å². The average Bonchev–Trinajstić information content (AvgIpc) is 2.91. The van der Waals surface area contributed by atoms with Gasteiger partial charge in [0.05, 0.1) is 6.10 Å². The van der Waals surface area contributed by atoms with Crippen molar-refractivity contribution in [2.45, 2.75) is 82.9 Å². The fourth-order valence-corrected chi connectivity index (χ4v) is 3.12. The topological polar surface area (TPSA) is 65.0 Å². The zero-order chi connectivity index (χ0) is 16.5. The zero-order valence-corrected chi connectivity index (χ0v) is 14.2. The van der Waals surface area contributed by atoms with E-state index >= 15 is 0 Å². The Bertz CT molecular complexity index is 387. The number of hydrogen-bond acceptors (Lipinski definition) is 5. The lowest BCUT2D eigenvalue weighted by molar-refractivity contribution is -0.178. The van der Waals surface area contributed by atoms with E-state index in [0.717, 1.165) is 63.5 Å². The van der Waals surface area contributed by atoms with E-state index in [1.807, 2.05) is 6.08 Å². The van der Waals surface area contributed by atoms with Crippen LogP contribution in [0.5, 0.6) is 0 Å². The number of hydrogen-bond donors (Lipinski definition) is 1. The third-order valence-electron chi connectivity index (χ3n) is 4.52. The van der Waals surface area contributed by atoms with Crippen molar-refractivity contribution in [3.8, 4) is 0 Å². The van der Waals surface area contributed by atoms with Crippen LogP contribution < -0.4 is 0 Å². The summed E-state index contributed by atoms with van der Waals surface area (Å²) in [5.41, 5.74) is 0.919. The summed E-state index contributed by atoms with van der Waals surface area (Å²) in [5, 5.41) is 9.29. The molecule has 5 nitrogen and oxygen atoms in total. The number of carbonyl (C=O) groups is 1. The van der Waals surface area contributed by atoms with Gasteiger partial charge in [-0.1, -0.05) is 12.8 Å². The Labute approximate surface area is 139 Å². The molecule has 3 atom stereocenters. The second-order valence-corrected chi connectivity index (χ2v) is 6.43. The summed E-state index contributed by atoms with van der Waals surface area (Å²) in [6.45, 7) is 0.764. The molecule has 0 saturated carbocycles. The highest BCUT2D eigenvalue weighted by Crippen LogP contribution is 2.26. The molecule has 5 heteroatoms. The van der Waals surface area contributed by atoms with Crippen molar-refractivity contribution in [1.29, 1.82) is 0 Å². The standard InChI is InChI=1S/C18H30O5/c1-21-17(20)9-5-3-2-4-8-14-12-15(13-16(14)19)23-18-10-6-7-11-22-18/h12,15,17-18,20H,2-11,13H2,1H3. The summed E-state index contributed by atoms with van der Waals surface area (Å²) in [5.74, 6) is 0.223. The minimum absolute atomic E-state index is 0.0996. The minimum atomic E-state index is -0.644. The summed E-state index contributed by atoms with van der Waals surface area (Å²) in [7, 11) is 1.51. The van der Waals surface area contributed by atoms with Crippen molar-refractivity contribution in [2.75, 3.05) is 13.7 Å². The van der Waals surface area contributed by atoms with Crippen molar-refractivity contribution in [3.05, 3.63) is 11.6 Å². The molecule has 23 heavy (non-hydrogen) atoms. The van der Waals surface area contributed by atoms with Crippen LogP contribution in [0.1, 0.15) is 64.2 Å². The third kappa shape index (κ3) is 6.71. The van der Waals surface area contributed by atoms with Gasteiger partial charge in [-0.3, -0.25) is 4.79 Å². The number of aliphatic hydroxyl groups is 1. The molecule has 0 radical (unpaired) electrons. The largest absolute Gasteiger partial charge is 0.368 e. The highest BCUT2D eigenvalue weighted by atomic mass is 16.7. The molecule has 3 unspecified atom stereocenters. The monoisotopic (exact) mass is 326 g/mol. The average molecular weight is 326 g/mol. The molecule has 0 aromatic carbocycles. The number of unbranched alkanes of at least 4 members (excludes halogenated alkanes) is 3. The summed E-state index contributed by atoms with van der Waals surface area (Å²) in [6.07, 6.45) is 10.3. The van der Waals surface area contributed by atoms with Gasteiger partial charge in [0.15, 0.2) is 18.4 Å². The summed E-state index contributed by atoms with van der Waals surface area (Å²) in [6, 6.07) is 0. The predicted molar refractivity (Wildman–Crippen MR) is 86.9 cm³/mol. The van der Waals surface area contributed by atoms with Crippen LogP contribution in [-0.4, -0.2) is 43.3 Å². The van der Waals surface area contributed by atoms with Crippen molar-refractivity contribution in [3.63, 3.8) is 0 Å². The van der Waals surface area contributed by atoms with Crippen molar-refractivity contribution in [1.82, 2.24) is 0 Å². The van der Waals surface area contributed by atoms with Gasteiger partial charge in [-0.15, -0.1) is 0 Å². The fraction of sp³-hybridized carbons (Fsp3) is 0.833. The molecule has 1 fully saturated rings. The van der Waals surface area contributed by atoms with E-state index in [9.17, 15) is 9.90 Å². The first-order chi connectivity index (χ1) is 11.2. The smallest absolute Gasteiger partial charge is 0.161 e. The molecule has 2 aliphatic rings. The van der Waals surface area contributed by atoms with Gasteiger partial charge >= 0.3 is 0 Å². The van der Waals surface area contributed by atoms with Crippen LogP contribution >= 0.6 is 0 Å². The van der Waals surface area contributed by atoms with E-state index in [2.05, 4.69) is 0 Å². The quantitative estimate of drug-likeness (QED) is 0.493. The number of allylic oxidation sites excluding steroid dienone is 1. The van der Waals surface area contributed by atoms with E-state index in [1.54, 1.807) is 0 Å². The normalized spacial score (nSPS) is 26.3. The van der Waals surface area contributed by atoms with E-state index in [1.165, 1.54) is 7.11 Å². The Kier molecular flexibility index (Phi) is 8.23. The summed E-state index contributed by atoms with van der Waals surface area (Å²) < 4.78 is 16.3. The number of ketones is 1. The highest BCUT2D eigenvalue weighted by molar-refractivity contribution is 5.98. The van der Waals surface area contributed by atoms with Gasteiger partial charge < -0.3 is 19.3 Å². The molecule has 0 aromatic rings. The molecule has 0 bridgehead atoms. The molecule has 1 saturated heterocycles. The van der Waals surface area contributed by atoms with Crippen molar-refractivity contribution in [2.24, 2.45) is 0 Å². The molecule has 0 spiro atoms. The Morgan fingerprint density at radius 1 is 1.30 bits per heavy atom. The molecule has 0 amide bonds. The molecule has 1 aliphatic carbocycles. The lowest BCUT2D eigenvalue weighted by Crippen LogP contribution is -2.26. The molecular formula is C18H30O5. The number of ether oxygens (including phenoxy) is 3. The Hall–Kier alpha value is -0.750. The number of methoxy groups -OCH3 is 1. The maximum atomic E-state index is 12.0.